The van der Waals surface area contributed by atoms with E-state index >= 15 is 0 Å². The average molecular weight is 249 g/mol. The maximum absolute atomic E-state index is 5.59. The van der Waals surface area contributed by atoms with Gasteiger partial charge in [-0.15, -0.1) is 0 Å². The van der Waals surface area contributed by atoms with E-state index in [9.17, 15) is 0 Å². The second kappa shape index (κ2) is 7.24. The Morgan fingerprint density at radius 3 is 2.83 bits per heavy atom. The summed E-state index contributed by atoms with van der Waals surface area (Å²) >= 11 is 0. The van der Waals surface area contributed by atoms with Crippen LogP contribution in [0.15, 0.2) is 24.3 Å². The van der Waals surface area contributed by atoms with E-state index in [1.165, 1.54) is 0 Å². The van der Waals surface area contributed by atoms with Crippen molar-refractivity contribution in [1.82, 2.24) is 10.2 Å². The lowest BCUT2D eigenvalue weighted by atomic mass is 10.3. The Balaban J connectivity index is 1.78. The Morgan fingerprint density at radius 1 is 1.28 bits per heavy atom. The number of hydrogen-bond acceptors (Lipinski definition) is 4. The molecule has 0 amide bonds. The minimum Gasteiger partial charge on any atom is -0.492 e. The van der Waals surface area contributed by atoms with Crippen molar-refractivity contribution in [3.63, 3.8) is 0 Å². The minimum absolute atomic E-state index is 0.705. The molecule has 1 aliphatic rings. The third-order valence-electron chi connectivity index (χ3n) is 3.14. The molecule has 18 heavy (non-hydrogen) atoms. The third kappa shape index (κ3) is 3.89. The Hall–Kier alpha value is -1.26. The van der Waals surface area contributed by atoms with E-state index < -0.39 is 0 Å². The highest BCUT2D eigenvalue weighted by molar-refractivity contribution is 5.56. The summed E-state index contributed by atoms with van der Waals surface area (Å²) in [5.74, 6) is 0.945. The van der Waals surface area contributed by atoms with Crippen molar-refractivity contribution in [2.45, 2.75) is 6.92 Å². The number of piperazine rings is 1. The van der Waals surface area contributed by atoms with Crippen molar-refractivity contribution in [2.75, 3.05) is 51.2 Å². The maximum atomic E-state index is 5.59. The molecule has 0 spiro atoms. The van der Waals surface area contributed by atoms with Crippen LogP contribution in [0.5, 0.6) is 5.75 Å². The van der Waals surface area contributed by atoms with Gasteiger partial charge in [0.05, 0.1) is 12.3 Å². The highest BCUT2D eigenvalue weighted by atomic mass is 16.5. The first-order valence-corrected chi connectivity index (χ1v) is 6.79. The van der Waals surface area contributed by atoms with Crippen molar-refractivity contribution in [2.24, 2.45) is 0 Å². The van der Waals surface area contributed by atoms with Gasteiger partial charge in [0.25, 0.3) is 0 Å². The molecule has 0 aromatic heterocycles. The Kier molecular flexibility index (Phi) is 5.30. The van der Waals surface area contributed by atoms with E-state index in [0.717, 1.165) is 50.7 Å². The summed E-state index contributed by atoms with van der Waals surface area (Å²) < 4.78 is 5.59. The van der Waals surface area contributed by atoms with Gasteiger partial charge in [0.1, 0.15) is 5.75 Å². The number of nitrogens with one attached hydrogen (secondary N) is 2. The second-order valence-electron chi connectivity index (χ2n) is 4.45. The quantitative estimate of drug-likeness (QED) is 0.799. The fraction of sp³-hybridized carbons (Fsp3) is 0.571. The molecule has 4 nitrogen and oxygen atoms in total. The Labute approximate surface area is 109 Å². The molecule has 2 N–H and O–H groups in total. The zero-order valence-electron chi connectivity index (χ0n) is 11.1. The third-order valence-corrected chi connectivity index (χ3v) is 3.14. The van der Waals surface area contributed by atoms with Crippen molar-refractivity contribution in [3.8, 4) is 5.75 Å². The van der Waals surface area contributed by atoms with Gasteiger partial charge in [-0.1, -0.05) is 12.1 Å². The normalized spacial score (nSPS) is 16.5. The topological polar surface area (TPSA) is 36.5 Å². The van der Waals surface area contributed by atoms with Gasteiger partial charge in [-0.25, -0.2) is 0 Å². The summed E-state index contributed by atoms with van der Waals surface area (Å²) in [4.78, 5) is 2.48. The molecule has 0 atom stereocenters. The molecule has 100 valence electrons. The molecule has 0 saturated carbocycles. The molecule has 4 heteroatoms. The van der Waals surface area contributed by atoms with Gasteiger partial charge in [-0.05, 0) is 19.1 Å². The molecule has 1 aliphatic heterocycles. The maximum Gasteiger partial charge on any atom is 0.142 e. The summed E-state index contributed by atoms with van der Waals surface area (Å²) in [6.07, 6.45) is 0. The summed E-state index contributed by atoms with van der Waals surface area (Å²) in [6.45, 7) is 9.27. The van der Waals surface area contributed by atoms with Crippen LogP contribution < -0.4 is 15.4 Å². The Bertz CT molecular complexity index is 351. The van der Waals surface area contributed by atoms with Gasteiger partial charge in [0, 0.05) is 39.3 Å². The summed E-state index contributed by atoms with van der Waals surface area (Å²) in [5, 5.41) is 6.82. The summed E-state index contributed by atoms with van der Waals surface area (Å²) in [7, 11) is 0. The van der Waals surface area contributed by atoms with Crippen molar-refractivity contribution in [3.05, 3.63) is 24.3 Å². The van der Waals surface area contributed by atoms with Crippen molar-refractivity contribution < 1.29 is 4.74 Å². The predicted molar refractivity (Wildman–Crippen MR) is 75.4 cm³/mol. The van der Waals surface area contributed by atoms with Gasteiger partial charge in [0.2, 0.25) is 0 Å². The number of rotatable bonds is 6. The molecule has 0 bridgehead atoms. The first kappa shape index (κ1) is 13.2. The lowest BCUT2D eigenvalue weighted by Crippen LogP contribution is -2.45. The number of anilines is 1. The van der Waals surface area contributed by atoms with Crippen molar-refractivity contribution >= 4 is 5.69 Å². The molecule has 0 aliphatic carbocycles. The van der Waals surface area contributed by atoms with Crippen molar-refractivity contribution in [1.29, 1.82) is 0 Å². The van der Waals surface area contributed by atoms with Crippen LogP contribution in [-0.4, -0.2) is 50.8 Å². The van der Waals surface area contributed by atoms with Crippen LogP contribution in [0, 0.1) is 0 Å². The number of benzene rings is 1. The largest absolute Gasteiger partial charge is 0.492 e. The zero-order valence-corrected chi connectivity index (χ0v) is 11.1. The van der Waals surface area contributed by atoms with E-state index in [1.54, 1.807) is 0 Å². The number of ether oxygens (including phenoxy) is 1. The highest BCUT2D eigenvalue weighted by Gasteiger charge is 2.08. The Morgan fingerprint density at radius 2 is 2.06 bits per heavy atom. The molecule has 1 aromatic rings. The lowest BCUT2D eigenvalue weighted by molar-refractivity contribution is 0.249. The van der Waals surface area contributed by atoms with Gasteiger partial charge in [-0.3, -0.25) is 4.90 Å². The standard InChI is InChI=1S/C14H23N3O/c1-2-18-14-6-4-3-5-13(14)16-9-12-17-10-7-15-8-11-17/h3-6,15-16H,2,7-12H2,1H3. The number of para-hydroxylation sites is 2. The molecule has 2 rings (SSSR count). The van der Waals surface area contributed by atoms with E-state index in [1.807, 2.05) is 25.1 Å². The van der Waals surface area contributed by atoms with Crippen LogP contribution in [0.1, 0.15) is 6.92 Å². The fourth-order valence-corrected chi connectivity index (χ4v) is 2.18. The SMILES string of the molecule is CCOc1ccccc1NCCN1CCNCC1. The van der Waals surface area contributed by atoms with E-state index in [-0.39, 0.29) is 0 Å². The molecule has 1 fully saturated rings. The molecule has 1 saturated heterocycles. The number of nitrogens with zero attached hydrogens (tertiary/aromatic N) is 1. The lowest BCUT2D eigenvalue weighted by Gasteiger charge is -2.27. The molecule has 1 aromatic carbocycles. The molecule has 1 heterocycles. The molecule has 0 radical (unpaired) electrons. The van der Waals surface area contributed by atoms with Gasteiger partial charge in [0.15, 0.2) is 0 Å². The van der Waals surface area contributed by atoms with Gasteiger partial charge in [-0.2, -0.15) is 0 Å². The highest BCUT2D eigenvalue weighted by Crippen LogP contribution is 2.23. The van der Waals surface area contributed by atoms with E-state index in [0.29, 0.717) is 6.61 Å². The van der Waals surface area contributed by atoms with E-state index in [2.05, 4.69) is 21.6 Å². The second-order valence-corrected chi connectivity index (χ2v) is 4.45. The van der Waals surface area contributed by atoms with Crippen LogP contribution in [0.4, 0.5) is 5.69 Å². The fourth-order valence-electron chi connectivity index (χ4n) is 2.18. The first-order chi connectivity index (χ1) is 8.90. The first-order valence-electron chi connectivity index (χ1n) is 6.79. The van der Waals surface area contributed by atoms with E-state index in [4.69, 9.17) is 4.74 Å². The predicted octanol–water partition coefficient (Wildman–Crippen LogP) is 1.40. The monoisotopic (exact) mass is 249 g/mol. The van der Waals surface area contributed by atoms with Crippen LogP contribution >= 0.6 is 0 Å². The van der Waals surface area contributed by atoms with Crippen LogP contribution in [-0.2, 0) is 0 Å². The summed E-state index contributed by atoms with van der Waals surface area (Å²) in [6, 6.07) is 8.13. The number of hydrogen-bond donors (Lipinski definition) is 2. The average Bonchev–Trinajstić information content (AvgIpc) is 2.42. The minimum atomic E-state index is 0.705. The van der Waals surface area contributed by atoms with Crippen LogP contribution in [0.3, 0.4) is 0 Å². The zero-order chi connectivity index (χ0) is 12.6. The van der Waals surface area contributed by atoms with Crippen LogP contribution in [0.25, 0.3) is 0 Å². The molecule has 0 unspecified atom stereocenters. The molecular formula is C14H23N3O. The van der Waals surface area contributed by atoms with Crippen LogP contribution in [0.2, 0.25) is 0 Å². The summed E-state index contributed by atoms with van der Waals surface area (Å²) in [5.41, 5.74) is 1.09. The van der Waals surface area contributed by atoms with Gasteiger partial charge < -0.3 is 15.4 Å². The molecular weight excluding hydrogens is 226 g/mol. The smallest absolute Gasteiger partial charge is 0.142 e. The van der Waals surface area contributed by atoms with Gasteiger partial charge >= 0.3 is 0 Å².